The van der Waals surface area contributed by atoms with Crippen LogP contribution in [0.1, 0.15) is 21.7 Å². The van der Waals surface area contributed by atoms with E-state index in [1.165, 1.54) is 24.3 Å². The molecule has 0 bridgehead atoms. The minimum Gasteiger partial charge on any atom is -0.319 e. The molecule has 1 heterocycles. The summed E-state index contributed by atoms with van der Waals surface area (Å²) in [6.07, 6.45) is -5.06. The lowest BCUT2D eigenvalue weighted by atomic mass is 10.1. The number of carbonyl (C=O) groups is 2. The summed E-state index contributed by atoms with van der Waals surface area (Å²) in [6.45, 7) is 3.47. The van der Waals surface area contributed by atoms with Crippen molar-refractivity contribution in [3.63, 3.8) is 0 Å². The van der Waals surface area contributed by atoms with Crippen LogP contribution in [0.4, 0.5) is 24.5 Å². The molecule has 0 fully saturated rings. The van der Waals surface area contributed by atoms with Crippen LogP contribution in [0.3, 0.4) is 0 Å². The van der Waals surface area contributed by atoms with Gasteiger partial charge in [-0.25, -0.2) is 4.68 Å². The van der Waals surface area contributed by atoms with Crippen LogP contribution < -0.4 is 10.6 Å². The summed E-state index contributed by atoms with van der Waals surface area (Å²) in [5.41, 5.74) is 2.09. The molecular formula is C20H17F3N4O2. The van der Waals surface area contributed by atoms with Gasteiger partial charge in [-0.05, 0) is 38.1 Å². The van der Waals surface area contributed by atoms with Crippen molar-refractivity contribution < 1.29 is 22.8 Å². The summed E-state index contributed by atoms with van der Waals surface area (Å²) < 4.78 is 39.3. The highest BCUT2D eigenvalue weighted by atomic mass is 19.4. The highest BCUT2D eigenvalue weighted by molar-refractivity contribution is 6.11. The number of rotatable bonds is 4. The number of hydrogen-bond donors (Lipinski definition) is 2. The van der Waals surface area contributed by atoms with Crippen LogP contribution in [0.25, 0.3) is 5.69 Å². The molecule has 2 amide bonds. The van der Waals surface area contributed by atoms with Gasteiger partial charge in [-0.15, -0.1) is 0 Å². The average molecular weight is 402 g/mol. The Labute approximate surface area is 164 Å². The summed E-state index contributed by atoms with van der Waals surface area (Å²) >= 11 is 0. The van der Waals surface area contributed by atoms with Gasteiger partial charge in [0, 0.05) is 0 Å². The number of alkyl halides is 3. The zero-order valence-electron chi connectivity index (χ0n) is 15.5. The first kappa shape index (κ1) is 20.1. The van der Waals surface area contributed by atoms with Crippen LogP contribution in [-0.4, -0.2) is 27.8 Å². The van der Waals surface area contributed by atoms with Crippen molar-refractivity contribution >= 4 is 23.2 Å². The number of aryl methyl sites for hydroxylation is 1. The van der Waals surface area contributed by atoms with E-state index in [-0.39, 0.29) is 11.3 Å². The second-order valence-electron chi connectivity index (χ2n) is 6.24. The maximum Gasteiger partial charge on any atom is 0.471 e. The van der Waals surface area contributed by atoms with Crippen molar-refractivity contribution in [1.82, 2.24) is 9.78 Å². The monoisotopic (exact) mass is 402 g/mol. The Morgan fingerprint density at radius 2 is 1.55 bits per heavy atom. The molecule has 0 saturated heterocycles. The molecule has 0 aliphatic heterocycles. The molecule has 2 N–H and O–H groups in total. The van der Waals surface area contributed by atoms with Gasteiger partial charge >= 0.3 is 12.1 Å². The van der Waals surface area contributed by atoms with Gasteiger partial charge in [-0.1, -0.05) is 30.3 Å². The van der Waals surface area contributed by atoms with Gasteiger partial charge in [-0.2, -0.15) is 18.3 Å². The lowest BCUT2D eigenvalue weighted by Gasteiger charge is -2.13. The molecule has 0 spiro atoms. The first-order valence-electron chi connectivity index (χ1n) is 8.58. The molecule has 2 aromatic carbocycles. The third kappa shape index (κ3) is 4.29. The lowest BCUT2D eigenvalue weighted by molar-refractivity contribution is -0.167. The maximum atomic E-state index is 12.7. The van der Waals surface area contributed by atoms with Crippen molar-refractivity contribution in [2.75, 3.05) is 10.6 Å². The normalized spacial score (nSPS) is 11.2. The van der Waals surface area contributed by atoms with Crippen molar-refractivity contribution in [1.29, 1.82) is 0 Å². The van der Waals surface area contributed by atoms with E-state index in [0.717, 1.165) is 5.69 Å². The Bertz CT molecular complexity index is 1060. The number of halogens is 3. The topological polar surface area (TPSA) is 76.0 Å². The van der Waals surface area contributed by atoms with Gasteiger partial charge in [0.25, 0.3) is 5.91 Å². The molecule has 150 valence electrons. The van der Waals surface area contributed by atoms with Gasteiger partial charge in [0.05, 0.1) is 34.0 Å². The predicted octanol–water partition coefficient (Wildman–Crippen LogP) is 4.24. The standard InChI is InChI=1S/C20H17F3N4O2/c1-12-17(13(2)27(26-12)14-8-4-3-5-9-14)25-18(28)15-10-6-7-11-16(15)24-19(29)20(21,22)23/h3-11H,1-2H3,(H,24,29)(H,25,28). The second kappa shape index (κ2) is 7.78. The summed E-state index contributed by atoms with van der Waals surface area (Å²) in [4.78, 5) is 24.0. The summed E-state index contributed by atoms with van der Waals surface area (Å²) in [5, 5.41) is 8.83. The minimum absolute atomic E-state index is 0.101. The molecule has 0 aliphatic rings. The highest BCUT2D eigenvalue weighted by Crippen LogP contribution is 2.25. The molecule has 9 heteroatoms. The Balaban J connectivity index is 1.89. The second-order valence-corrected chi connectivity index (χ2v) is 6.24. The number of hydrogen-bond acceptors (Lipinski definition) is 3. The molecule has 0 saturated carbocycles. The SMILES string of the molecule is Cc1nn(-c2ccccc2)c(C)c1NC(=O)c1ccccc1NC(=O)C(F)(F)F. The highest BCUT2D eigenvalue weighted by Gasteiger charge is 2.39. The molecule has 0 aliphatic carbocycles. The first-order chi connectivity index (χ1) is 13.7. The van der Waals surface area contributed by atoms with E-state index in [4.69, 9.17) is 0 Å². The summed E-state index contributed by atoms with van der Waals surface area (Å²) in [6, 6.07) is 14.7. The van der Waals surface area contributed by atoms with Crippen LogP contribution in [0.2, 0.25) is 0 Å². The van der Waals surface area contributed by atoms with Crippen LogP contribution in [-0.2, 0) is 4.79 Å². The number of amides is 2. The summed E-state index contributed by atoms with van der Waals surface area (Å²) in [5.74, 6) is -2.82. The van der Waals surface area contributed by atoms with E-state index in [2.05, 4.69) is 10.4 Å². The Morgan fingerprint density at radius 3 is 2.21 bits per heavy atom. The van der Waals surface area contributed by atoms with Crippen molar-refractivity contribution in [3.8, 4) is 5.69 Å². The number of para-hydroxylation sites is 2. The fraction of sp³-hybridized carbons (Fsp3) is 0.150. The van der Waals surface area contributed by atoms with E-state index >= 15 is 0 Å². The van der Waals surface area contributed by atoms with Crippen LogP contribution in [0, 0.1) is 13.8 Å². The van der Waals surface area contributed by atoms with E-state index < -0.39 is 18.0 Å². The molecule has 6 nitrogen and oxygen atoms in total. The van der Waals surface area contributed by atoms with E-state index in [9.17, 15) is 22.8 Å². The number of aromatic nitrogens is 2. The van der Waals surface area contributed by atoms with Crippen molar-refractivity contribution in [2.24, 2.45) is 0 Å². The molecule has 0 atom stereocenters. The third-order valence-electron chi connectivity index (χ3n) is 4.21. The largest absolute Gasteiger partial charge is 0.471 e. The van der Waals surface area contributed by atoms with Gasteiger partial charge in [0.2, 0.25) is 0 Å². The number of benzene rings is 2. The number of carbonyl (C=O) groups excluding carboxylic acids is 2. The van der Waals surface area contributed by atoms with Crippen molar-refractivity contribution in [2.45, 2.75) is 20.0 Å². The third-order valence-corrected chi connectivity index (χ3v) is 4.21. The molecule has 0 unspecified atom stereocenters. The van der Waals surface area contributed by atoms with Gasteiger partial charge in [-0.3, -0.25) is 9.59 Å². The summed E-state index contributed by atoms with van der Waals surface area (Å²) in [7, 11) is 0. The molecule has 3 aromatic rings. The average Bonchev–Trinajstić information content (AvgIpc) is 2.96. The van der Waals surface area contributed by atoms with E-state index in [1.54, 1.807) is 23.8 Å². The lowest BCUT2D eigenvalue weighted by Crippen LogP contribution is -2.31. The maximum absolute atomic E-state index is 12.7. The van der Waals surface area contributed by atoms with Gasteiger partial charge in [0.15, 0.2) is 0 Å². The molecular weight excluding hydrogens is 385 g/mol. The Kier molecular flexibility index (Phi) is 5.40. The molecule has 3 rings (SSSR count). The fourth-order valence-corrected chi connectivity index (χ4v) is 2.81. The van der Waals surface area contributed by atoms with E-state index in [0.29, 0.717) is 17.1 Å². The van der Waals surface area contributed by atoms with Crippen LogP contribution in [0.15, 0.2) is 54.6 Å². The quantitative estimate of drug-likeness (QED) is 0.685. The van der Waals surface area contributed by atoms with Gasteiger partial charge < -0.3 is 10.6 Å². The number of nitrogens with one attached hydrogen (secondary N) is 2. The molecule has 1 aromatic heterocycles. The molecule has 29 heavy (non-hydrogen) atoms. The van der Waals surface area contributed by atoms with Crippen LogP contribution >= 0.6 is 0 Å². The van der Waals surface area contributed by atoms with Crippen LogP contribution in [0.5, 0.6) is 0 Å². The molecule has 0 radical (unpaired) electrons. The first-order valence-corrected chi connectivity index (χ1v) is 8.58. The smallest absolute Gasteiger partial charge is 0.319 e. The number of anilines is 2. The fourth-order valence-electron chi connectivity index (χ4n) is 2.81. The van der Waals surface area contributed by atoms with E-state index in [1.807, 2.05) is 30.3 Å². The van der Waals surface area contributed by atoms with Crippen molar-refractivity contribution in [3.05, 3.63) is 71.5 Å². The Hall–Kier alpha value is -3.62. The minimum atomic E-state index is -5.06. The Morgan fingerprint density at radius 1 is 0.931 bits per heavy atom. The number of nitrogens with zero attached hydrogens (tertiary/aromatic N) is 2. The zero-order chi connectivity index (χ0) is 21.2. The predicted molar refractivity (Wildman–Crippen MR) is 102 cm³/mol. The zero-order valence-corrected chi connectivity index (χ0v) is 15.5. The van der Waals surface area contributed by atoms with Gasteiger partial charge in [0.1, 0.15) is 0 Å².